The fourth-order valence-corrected chi connectivity index (χ4v) is 7.91. The molecular formula is C30H30Cl2FN3O6S. The Hall–Kier alpha value is -2.67. The summed E-state index contributed by atoms with van der Waals surface area (Å²) < 4.78 is 46.9. The van der Waals surface area contributed by atoms with Crippen LogP contribution in [0.5, 0.6) is 0 Å². The van der Waals surface area contributed by atoms with Gasteiger partial charge in [-0.25, -0.2) is 22.8 Å². The predicted octanol–water partition coefficient (Wildman–Crippen LogP) is 4.57. The van der Waals surface area contributed by atoms with Crippen molar-refractivity contribution in [1.82, 2.24) is 14.9 Å². The number of fused-ring (bicyclic) bond motifs is 1. The van der Waals surface area contributed by atoms with Crippen LogP contribution in [0.25, 0.3) is 0 Å². The van der Waals surface area contributed by atoms with E-state index in [0.717, 1.165) is 6.42 Å². The average molecular weight is 651 g/mol. The quantitative estimate of drug-likeness (QED) is 0.363. The number of halogens is 3. The number of aromatic nitrogens is 2. The molecule has 13 heteroatoms. The lowest BCUT2D eigenvalue weighted by Gasteiger charge is -2.44. The van der Waals surface area contributed by atoms with Crippen LogP contribution in [0.2, 0.25) is 10.0 Å². The first kappa shape index (κ1) is 30.4. The first-order valence-electron chi connectivity index (χ1n) is 14.0. The lowest BCUT2D eigenvalue weighted by atomic mass is 9.81. The summed E-state index contributed by atoms with van der Waals surface area (Å²) in [6, 6.07) is 9.10. The number of carbonyl (C=O) groups excluding carboxylic acids is 1. The number of amides is 1. The van der Waals surface area contributed by atoms with Crippen molar-refractivity contribution in [1.29, 1.82) is 0 Å². The van der Waals surface area contributed by atoms with E-state index < -0.39 is 44.9 Å². The molecule has 1 amide bonds. The fraction of sp³-hybridized carbons (Fsp3) is 0.433. The van der Waals surface area contributed by atoms with Crippen molar-refractivity contribution in [2.24, 2.45) is 5.92 Å². The SMILES string of the molecule is O=C1c2cc(C(O)C3CCS(=O)(=O)CC3)cc(F)c2[C@](OCC2(O)CCC2)(c2ccc(Cl)cc2)N1Cc1ncc(Cl)cn1. The van der Waals surface area contributed by atoms with Gasteiger partial charge in [0.1, 0.15) is 21.5 Å². The number of sulfone groups is 1. The first-order valence-corrected chi connectivity index (χ1v) is 16.6. The standard InChI is InChI=1S/C30H30Cl2FN3O6S/c31-21-4-2-20(3-5-21)30(42-17-29(39)8-1-9-29)26-23(28(38)36(30)16-25-34-14-22(32)15-35-25)12-19(13-24(26)33)27(37)18-6-10-43(40,41)11-7-18/h2-5,12-15,18,27,37,39H,1,6-11,16-17H2/t27?,30-/m1/s1. The molecule has 2 aromatic carbocycles. The third kappa shape index (κ3) is 5.67. The van der Waals surface area contributed by atoms with Crippen LogP contribution >= 0.6 is 23.2 Å². The largest absolute Gasteiger partial charge is 0.388 e. The second-order valence-corrected chi connectivity index (χ2v) is 14.8. The van der Waals surface area contributed by atoms with Gasteiger partial charge in [0.2, 0.25) is 0 Å². The summed E-state index contributed by atoms with van der Waals surface area (Å²) in [6.45, 7) is -0.371. The normalized spacial score (nSPS) is 23.6. The zero-order valence-corrected chi connectivity index (χ0v) is 25.4. The molecule has 43 heavy (non-hydrogen) atoms. The van der Waals surface area contributed by atoms with E-state index in [1.54, 1.807) is 24.3 Å². The van der Waals surface area contributed by atoms with Gasteiger partial charge in [0.05, 0.1) is 52.5 Å². The smallest absolute Gasteiger partial charge is 0.257 e. The first-order chi connectivity index (χ1) is 20.4. The maximum absolute atomic E-state index is 16.5. The van der Waals surface area contributed by atoms with Crippen molar-refractivity contribution < 1.29 is 32.6 Å². The molecular weight excluding hydrogens is 620 g/mol. The number of carbonyl (C=O) groups is 1. The topological polar surface area (TPSA) is 130 Å². The molecule has 2 atom stereocenters. The minimum absolute atomic E-state index is 0.0259. The number of nitrogens with zero attached hydrogens (tertiary/aromatic N) is 3. The lowest BCUT2D eigenvalue weighted by Crippen LogP contribution is -2.51. The maximum Gasteiger partial charge on any atom is 0.257 e. The third-order valence-electron chi connectivity index (χ3n) is 8.74. The summed E-state index contributed by atoms with van der Waals surface area (Å²) in [5.41, 5.74) is -2.51. The molecule has 1 aromatic heterocycles. The zero-order chi connectivity index (χ0) is 30.6. The highest BCUT2D eigenvalue weighted by Crippen LogP contribution is 2.50. The van der Waals surface area contributed by atoms with E-state index in [9.17, 15) is 23.4 Å². The second kappa shape index (κ2) is 11.4. The number of hydrogen-bond donors (Lipinski definition) is 2. The van der Waals surface area contributed by atoms with E-state index in [-0.39, 0.29) is 60.0 Å². The summed E-state index contributed by atoms with van der Waals surface area (Å²) in [5.74, 6) is -1.71. The molecule has 9 nitrogen and oxygen atoms in total. The molecule has 2 aliphatic heterocycles. The maximum atomic E-state index is 16.5. The number of benzene rings is 2. The van der Waals surface area contributed by atoms with E-state index in [1.807, 2.05) is 0 Å². The Labute approximate surface area is 258 Å². The molecule has 1 aliphatic carbocycles. The summed E-state index contributed by atoms with van der Waals surface area (Å²) in [5, 5.41) is 22.9. The van der Waals surface area contributed by atoms with Gasteiger partial charge in [0, 0.05) is 23.0 Å². The molecule has 0 radical (unpaired) electrons. The van der Waals surface area contributed by atoms with Crippen molar-refractivity contribution in [2.75, 3.05) is 18.1 Å². The fourth-order valence-electron chi connectivity index (χ4n) is 6.15. The molecule has 0 spiro atoms. The van der Waals surface area contributed by atoms with Gasteiger partial charge >= 0.3 is 0 Å². The van der Waals surface area contributed by atoms with Crippen molar-refractivity contribution >= 4 is 38.9 Å². The van der Waals surface area contributed by atoms with Crippen LogP contribution in [-0.2, 0) is 26.8 Å². The van der Waals surface area contributed by atoms with E-state index in [0.29, 0.717) is 28.5 Å². The van der Waals surface area contributed by atoms with Gasteiger partial charge in [-0.1, -0.05) is 35.3 Å². The summed E-state index contributed by atoms with van der Waals surface area (Å²) in [7, 11) is -3.18. The Morgan fingerprint density at radius 2 is 1.72 bits per heavy atom. The van der Waals surface area contributed by atoms with E-state index in [1.165, 1.54) is 29.4 Å². The third-order valence-corrected chi connectivity index (χ3v) is 10.9. The van der Waals surface area contributed by atoms with Gasteiger partial charge in [-0.3, -0.25) is 9.69 Å². The highest BCUT2D eigenvalue weighted by atomic mass is 35.5. The van der Waals surface area contributed by atoms with Gasteiger partial charge in [-0.15, -0.1) is 0 Å². The number of aliphatic hydroxyl groups is 2. The highest BCUT2D eigenvalue weighted by Gasteiger charge is 2.56. The minimum atomic E-state index is -3.18. The number of ether oxygens (including phenoxy) is 1. The van der Waals surface area contributed by atoms with E-state index in [2.05, 4.69) is 9.97 Å². The van der Waals surface area contributed by atoms with Crippen LogP contribution in [0.1, 0.15) is 71.1 Å². The molecule has 228 valence electrons. The van der Waals surface area contributed by atoms with Crippen molar-refractivity contribution in [3.05, 3.63) is 92.7 Å². The molecule has 1 saturated carbocycles. The van der Waals surface area contributed by atoms with Crippen LogP contribution in [0.15, 0.2) is 48.8 Å². The van der Waals surface area contributed by atoms with E-state index in [4.69, 9.17) is 27.9 Å². The Kier molecular flexibility index (Phi) is 8.02. The van der Waals surface area contributed by atoms with Crippen LogP contribution in [-0.4, -0.2) is 63.1 Å². The molecule has 6 rings (SSSR count). The van der Waals surface area contributed by atoms with Crippen LogP contribution < -0.4 is 0 Å². The zero-order valence-electron chi connectivity index (χ0n) is 23.0. The molecule has 1 saturated heterocycles. The number of aliphatic hydroxyl groups excluding tert-OH is 1. The highest BCUT2D eigenvalue weighted by molar-refractivity contribution is 7.91. The molecule has 3 aliphatic rings. The van der Waals surface area contributed by atoms with Gasteiger partial charge in [0.25, 0.3) is 5.91 Å². The Morgan fingerprint density at radius 1 is 1.07 bits per heavy atom. The van der Waals surface area contributed by atoms with Crippen LogP contribution in [0.3, 0.4) is 0 Å². The Morgan fingerprint density at radius 3 is 2.33 bits per heavy atom. The van der Waals surface area contributed by atoms with Crippen LogP contribution in [0, 0.1) is 11.7 Å². The van der Waals surface area contributed by atoms with Gasteiger partial charge in [0.15, 0.2) is 5.72 Å². The summed E-state index contributed by atoms with van der Waals surface area (Å²) in [6.07, 6.45) is 3.85. The van der Waals surface area contributed by atoms with Crippen molar-refractivity contribution in [2.45, 2.75) is 56.1 Å². The molecule has 3 heterocycles. The van der Waals surface area contributed by atoms with Gasteiger partial charge in [-0.2, -0.15) is 0 Å². The summed E-state index contributed by atoms with van der Waals surface area (Å²) >= 11 is 12.2. The van der Waals surface area contributed by atoms with Gasteiger partial charge < -0.3 is 14.9 Å². The monoisotopic (exact) mass is 649 g/mol. The van der Waals surface area contributed by atoms with Crippen molar-refractivity contribution in [3.8, 4) is 0 Å². The minimum Gasteiger partial charge on any atom is -0.388 e. The Balaban J connectivity index is 1.49. The molecule has 2 fully saturated rings. The van der Waals surface area contributed by atoms with Gasteiger partial charge in [-0.05, 0) is 67.9 Å². The Bertz CT molecular complexity index is 1640. The molecule has 2 N–H and O–H groups in total. The lowest BCUT2D eigenvalue weighted by molar-refractivity contribution is -0.179. The predicted molar refractivity (Wildman–Crippen MR) is 157 cm³/mol. The second-order valence-electron chi connectivity index (χ2n) is 11.6. The summed E-state index contributed by atoms with van der Waals surface area (Å²) in [4.78, 5) is 24.1. The van der Waals surface area contributed by atoms with Crippen molar-refractivity contribution in [3.63, 3.8) is 0 Å². The van der Waals surface area contributed by atoms with E-state index >= 15 is 4.39 Å². The number of rotatable bonds is 8. The van der Waals surface area contributed by atoms with Crippen LogP contribution in [0.4, 0.5) is 4.39 Å². The molecule has 0 bridgehead atoms. The number of hydrogen-bond acceptors (Lipinski definition) is 8. The average Bonchev–Trinajstić information content (AvgIpc) is 3.20. The molecule has 1 unspecified atom stereocenters. The molecule has 3 aromatic rings.